The SMILES string of the molecule is CCC(=O)N1CCc2cc(Br)c(S(=O)(=O)Nc3ccc(N4C(=O)c5ccc(Cl)cc5C4=O)c(C)c3)cc21. The van der Waals surface area contributed by atoms with Crippen LogP contribution >= 0.6 is 27.5 Å². The molecule has 11 heteroatoms. The molecule has 2 aliphatic heterocycles. The lowest BCUT2D eigenvalue weighted by Gasteiger charge is -2.19. The van der Waals surface area contributed by atoms with E-state index < -0.39 is 21.8 Å². The normalized spacial score (nSPS) is 14.7. The number of hydrogen-bond donors (Lipinski definition) is 1. The van der Waals surface area contributed by atoms with Gasteiger partial charge in [0.1, 0.15) is 4.90 Å². The van der Waals surface area contributed by atoms with Crippen molar-refractivity contribution in [2.75, 3.05) is 21.1 Å². The fraction of sp³-hybridized carbons (Fsp3) is 0.192. The van der Waals surface area contributed by atoms with Gasteiger partial charge in [0.25, 0.3) is 21.8 Å². The Hall–Kier alpha value is -3.21. The molecule has 0 radical (unpaired) electrons. The highest BCUT2D eigenvalue weighted by molar-refractivity contribution is 9.10. The number of amides is 3. The second-order valence-electron chi connectivity index (χ2n) is 8.80. The van der Waals surface area contributed by atoms with Gasteiger partial charge < -0.3 is 4.90 Å². The number of hydrogen-bond acceptors (Lipinski definition) is 5. The van der Waals surface area contributed by atoms with Gasteiger partial charge in [-0.25, -0.2) is 13.3 Å². The molecule has 2 aliphatic rings. The first kappa shape index (κ1) is 25.4. The fourth-order valence-electron chi connectivity index (χ4n) is 4.66. The maximum absolute atomic E-state index is 13.3. The van der Waals surface area contributed by atoms with Crippen LogP contribution in [0.5, 0.6) is 0 Å². The molecule has 37 heavy (non-hydrogen) atoms. The van der Waals surface area contributed by atoms with Crippen molar-refractivity contribution in [3.63, 3.8) is 0 Å². The van der Waals surface area contributed by atoms with Crippen LogP contribution in [0.4, 0.5) is 17.1 Å². The summed E-state index contributed by atoms with van der Waals surface area (Å²) in [6.07, 6.45) is 0.972. The largest absolute Gasteiger partial charge is 0.312 e. The number of carbonyl (C=O) groups excluding carboxylic acids is 3. The zero-order chi connectivity index (χ0) is 26.6. The molecule has 0 aromatic heterocycles. The Morgan fingerprint density at radius 2 is 1.76 bits per heavy atom. The maximum atomic E-state index is 13.3. The molecule has 0 bridgehead atoms. The second-order valence-corrected chi connectivity index (χ2v) is 11.7. The number of nitrogens with zero attached hydrogens (tertiary/aromatic N) is 2. The molecule has 0 aliphatic carbocycles. The van der Waals surface area contributed by atoms with E-state index in [-0.39, 0.29) is 27.6 Å². The molecule has 8 nitrogen and oxygen atoms in total. The molecule has 1 N–H and O–H groups in total. The van der Waals surface area contributed by atoms with Crippen molar-refractivity contribution in [1.29, 1.82) is 0 Å². The Kier molecular flexibility index (Phi) is 6.37. The van der Waals surface area contributed by atoms with E-state index in [0.29, 0.717) is 45.8 Å². The van der Waals surface area contributed by atoms with Crippen molar-refractivity contribution in [2.45, 2.75) is 31.6 Å². The number of imide groups is 1. The van der Waals surface area contributed by atoms with E-state index in [1.807, 2.05) is 0 Å². The average Bonchev–Trinajstić information content (AvgIpc) is 3.36. The molecule has 0 saturated carbocycles. The summed E-state index contributed by atoms with van der Waals surface area (Å²) in [7, 11) is -4.04. The van der Waals surface area contributed by atoms with Crippen molar-refractivity contribution >= 4 is 72.3 Å². The standard InChI is InChI=1S/C26H21BrClN3O5S/c1-3-24(32)30-9-8-15-11-20(27)23(13-22(15)30)37(35,36)29-17-5-7-21(14(2)10-17)31-25(33)18-6-4-16(28)12-19(18)26(31)34/h4-7,10-13,29H,3,8-9H2,1-2H3. The number of carbonyl (C=O) groups is 3. The summed E-state index contributed by atoms with van der Waals surface area (Å²) in [5.74, 6) is -1.03. The molecule has 0 fully saturated rings. The molecule has 3 aromatic rings. The van der Waals surface area contributed by atoms with Gasteiger partial charge in [0.2, 0.25) is 5.91 Å². The molecule has 3 amide bonds. The number of sulfonamides is 1. The third-order valence-corrected chi connectivity index (χ3v) is 9.04. The first-order chi connectivity index (χ1) is 17.5. The highest BCUT2D eigenvalue weighted by Gasteiger charge is 2.37. The van der Waals surface area contributed by atoms with Gasteiger partial charge in [0.15, 0.2) is 0 Å². The number of rotatable bonds is 5. The van der Waals surface area contributed by atoms with Crippen LogP contribution in [0.25, 0.3) is 0 Å². The Balaban J connectivity index is 1.44. The lowest BCUT2D eigenvalue weighted by Crippen LogP contribution is -2.30. The third-order valence-electron chi connectivity index (χ3n) is 6.46. The molecule has 5 rings (SSSR count). The fourth-order valence-corrected chi connectivity index (χ4v) is 6.99. The van der Waals surface area contributed by atoms with Crippen molar-refractivity contribution in [3.05, 3.63) is 80.3 Å². The van der Waals surface area contributed by atoms with E-state index in [0.717, 1.165) is 10.5 Å². The predicted octanol–water partition coefficient (Wildman–Crippen LogP) is 5.31. The van der Waals surface area contributed by atoms with Crippen molar-refractivity contribution < 1.29 is 22.8 Å². The molecule has 190 valence electrons. The quantitative estimate of drug-likeness (QED) is 0.399. The highest BCUT2D eigenvalue weighted by Crippen LogP contribution is 2.37. The van der Waals surface area contributed by atoms with Gasteiger partial charge in [-0.05, 0) is 88.9 Å². The summed E-state index contributed by atoms with van der Waals surface area (Å²) in [5, 5.41) is 0.350. The first-order valence-electron chi connectivity index (χ1n) is 11.5. The molecule has 0 atom stereocenters. The Morgan fingerprint density at radius 3 is 2.46 bits per heavy atom. The highest BCUT2D eigenvalue weighted by atomic mass is 79.9. The molecule has 0 unspecified atom stereocenters. The van der Waals surface area contributed by atoms with Crippen molar-refractivity contribution in [3.8, 4) is 0 Å². The minimum absolute atomic E-state index is 0.000935. The van der Waals surface area contributed by atoms with E-state index in [1.165, 1.54) is 30.3 Å². The van der Waals surface area contributed by atoms with E-state index in [1.54, 1.807) is 36.9 Å². The molecule has 2 heterocycles. The number of halogens is 2. The number of aryl methyl sites for hydroxylation is 1. The van der Waals surface area contributed by atoms with Crippen LogP contribution in [-0.4, -0.2) is 32.7 Å². The van der Waals surface area contributed by atoms with Gasteiger partial charge in [-0.1, -0.05) is 18.5 Å². The summed E-state index contributed by atoms with van der Waals surface area (Å²) in [6.45, 7) is 3.96. The minimum Gasteiger partial charge on any atom is -0.312 e. The Bertz CT molecular complexity index is 1620. The van der Waals surface area contributed by atoms with E-state index in [9.17, 15) is 22.8 Å². The Labute approximate surface area is 227 Å². The summed E-state index contributed by atoms with van der Waals surface area (Å²) in [5.41, 5.74) is 3.10. The predicted molar refractivity (Wildman–Crippen MR) is 145 cm³/mol. The maximum Gasteiger partial charge on any atom is 0.266 e. The molecule has 3 aromatic carbocycles. The summed E-state index contributed by atoms with van der Waals surface area (Å²) in [4.78, 5) is 40.8. The summed E-state index contributed by atoms with van der Waals surface area (Å²) < 4.78 is 29.6. The van der Waals surface area contributed by atoms with Gasteiger partial charge in [-0.2, -0.15) is 0 Å². The van der Waals surface area contributed by atoms with Crippen molar-refractivity contribution in [2.24, 2.45) is 0 Å². The monoisotopic (exact) mass is 601 g/mol. The number of nitrogens with one attached hydrogen (secondary N) is 1. The van der Waals surface area contributed by atoms with E-state index >= 15 is 0 Å². The first-order valence-corrected chi connectivity index (χ1v) is 14.1. The molecule has 0 spiro atoms. The van der Waals surface area contributed by atoms with Crippen LogP contribution in [-0.2, 0) is 21.2 Å². The second kappa shape index (κ2) is 9.27. The van der Waals surface area contributed by atoms with Crippen LogP contribution in [0.2, 0.25) is 5.02 Å². The smallest absolute Gasteiger partial charge is 0.266 e. The van der Waals surface area contributed by atoms with Crippen LogP contribution in [0.15, 0.2) is 57.9 Å². The lowest BCUT2D eigenvalue weighted by molar-refractivity contribution is -0.118. The van der Waals surface area contributed by atoms with Gasteiger partial charge in [0.05, 0.1) is 16.8 Å². The van der Waals surface area contributed by atoms with Crippen LogP contribution in [0, 0.1) is 6.92 Å². The third kappa shape index (κ3) is 4.32. The number of benzene rings is 3. The lowest BCUT2D eigenvalue weighted by atomic mass is 10.1. The molecular formula is C26H21BrClN3O5S. The topological polar surface area (TPSA) is 104 Å². The zero-order valence-electron chi connectivity index (χ0n) is 19.8. The van der Waals surface area contributed by atoms with Gasteiger partial charge >= 0.3 is 0 Å². The van der Waals surface area contributed by atoms with Gasteiger partial charge in [0, 0.05) is 33.8 Å². The summed E-state index contributed by atoms with van der Waals surface area (Å²) in [6, 6.07) is 12.3. The van der Waals surface area contributed by atoms with Crippen molar-refractivity contribution in [1.82, 2.24) is 0 Å². The number of anilines is 3. The number of fused-ring (bicyclic) bond motifs is 2. The van der Waals surface area contributed by atoms with E-state index in [2.05, 4.69) is 20.7 Å². The average molecular weight is 603 g/mol. The van der Waals surface area contributed by atoms with Crippen LogP contribution in [0.1, 0.15) is 45.2 Å². The van der Waals surface area contributed by atoms with Gasteiger partial charge in [-0.3, -0.25) is 19.1 Å². The van der Waals surface area contributed by atoms with E-state index in [4.69, 9.17) is 11.6 Å². The Morgan fingerprint density at radius 1 is 1.03 bits per heavy atom. The zero-order valence-corrected chi connectivity index (χ0v) is 23.0. The minimum atomic E-state index is -4.04. The summed E-state index contributed by atoms with van der Waals surface area (Å²) >= 11 is 9.36. The van der Waals surface area contributed by atoms with Gasteiger partial charge in [-0.15, -0.1) is 0 Å². The molecular weight excluding hydrogens is 582 g/mol. The molecule has 0 saturated heterocycles. The van der Waals surface area contributed by atoms with Crippen LogP contribution in [0.3, 0.4) is 0 Å². The van der Waals surface area contributed by atoms with Crippen LogP contribution < -0.4 is 14.5 Å².